The molecule has 2 aromatic heterocycles. The van der Waals surface area contributed by atoms with Gasteiger partial charge in [0.2, 0.25) is 0 Å². The van der Waals surface area contributed by atoms with Crippen molar-refractivity contribution in [2.24, 2.45) is 0 Å². The lowest BCUT2D eigenvalue weighted by Gasteiger charge is -2.17. The highest BCUT2D eigenvalue weighted by Gasteiger charge is 2.48. The third kappa shape index (κ3) is 3.81. The summed E-state index contributed by atoms with van der Waals surface area (Å²) in [6, 6.07) is 8.12. The number of carbonyl (C=O) groups is 2. The molecule has 0 radical (unpaired) electrons. The number of nitrogens with one attached hydrogen (secondary N) is 1. The van der Waals surface area contributed by atoms with Crippen molar-refractivity contribution >= 4 is 46.3 Å². The van der Waals surface area contributed by atoms with Crippen molar-refractivity contribution in [2.45, 2.75) is 40.2 Å². The monoisotopic (exact) mass is 485 g/mol. The van der Waals surface area contributed by atoms with Crippen LogP contribution in [0.15, 0.2) is 47.5 Å². The third-order valence-corrected chi connectivity index (χ3v) is 6.33. The maximum absolute atomic E-state index is 13.6. The Hall–Kier alpha value is -3.16. The van der Waals surface area contributed by atoms with Gasteiger partial charge in [0, 0.05) is 23.9 Å². The van der Waals surface area contributed by atoms with Gasteiger partial charge in [-0.2, -0.15) is 4.57 Å². The molecule has 0 fully saturated rings. The van der Waals surface area contributed by atoms with Gasteiger partial charge in [-0.1, -0.05) is 30.1 Å². The highest BCUT2D eigenvalue weighted by atomic mass is 35.5. The van der Waals surface area contributed by atoms with E-state index in [4.69, 9.17) is 23.2 Å². The number of aromatic amines is 1. The number of halogens is 2. The first-order valence-corrected chi connectivity index (χ1v) is 11.3. The Morgan fingerprint density at radius 2 is 1.67 bits per heavy atom. The normalized spacial score (nSPS) is 14.2. The maximum Gasteiger partial charge on any atom is 0.327 e. The van der Waals surface area contributed by atoms with Crippen LogP contribution in [-0.2, 0) is 16.0 Å². The Kier molecular flexibility index (Phi) is 6.03. The van der Waals surface area contributed by atoms with Crippen molar-refractivity contribution in [3.05, 3.63) is 79.9 Å². The number of aromatic nitrogens is 3. The minimum Gasteiger partial charge on any atom is -0.294 e. The van der Waals surface area contributed by atoms with Gasteiger partial charge in [-0.25, -0.2) is 4.68 Å². The number of amides is 2. The number of aryl methyl sites for hydroxylation is 2. The summed E-state index contributed by atoms with van der Waals surface area (Å²) in [5, 5.41) is 3.73. The molecular formula is C24H23Cl2N4O3+. The molecule has 0 spiro atoms. The zero-order valence-electron chi connectivity index (χ0n) is 18.6. The van der Waals surface area contributed by atoms with E-state index < -0.39 is 17.4 Å². The zero-order chi connectivity index (χ0) is 24.0. The minimum absolute atomic E-state index is 0.0828. The molecule has 0 unspecified atom stereocenters. The molecule has 3 aromatic rings. The molecule has 170 valence electrons. The lowest BCUT2D eigenvalue weighted by Crippen LogP contribution is -2.42. The summed E-state index contributed by atoms with van der Waals surface area (Å²) in [5.41, 5.74) is 1.98. The molecule has 4 rings (SSSR count). The predicted octanol–water partition coefficient (Wildman–Crippen LogP) is 3.78. The number of imide groups is 1. The molecular weight excluding hydrogens is 463 g/mol. The van der Waals surface area contributed by atoms with Crippen LogP contribution in [0.3, 0.4) is 0 Å². The average molecular weight is 486 g/mol. The summed E-state index contributed by atoms with van der Waals surface area (Å²) in [5.74, 6) is -0.937. The van der Waals surface area contributed by atoms with Crippen molar-refractivity contribution < 1.29 is 14.2 Å². The Morgan fingerprint density at radius 1 is 1.00 bits per heavy atom. The number of benzene rings is 1. The van der Waals surface area contributed by atoms with E-state index in [2.05, 4.69) is 5.10 Å². The Morgan fingerprint density at radius 3 is 2.24 bits per heavy atom. The quantitative estimate of drug-likeness (QED) is 0.441. The van der Waals surface area contributed by atoms with E-state index >= 15 is 0 Å². The number of hydrogen-bond donors (Lipinski definition) is 1. The van der Waals surface area contributed by atoms with Crippen LogP contribution in [0.1, 0.15) is 37.6 Å². The Labute approximate surface area is 200 Å². The van der Waals surface area contributed by atoms with Crippen LogP contribution in [0, 0.1) is 6.92 Å². The van der Waals surface area contributed by atoms with Crippen molar-refractivity contribution in [3.8, 4) is 5.69 Å². The fraction of sp³-hybridized carbons (Fsp3) is 0.250. The summed E-state index contributed by atoms with van der Waals surface area (Å²) < 4.78 is 2.91. The van der Waals surface area contributed by atoms with Crippen molar-refractivity contribution in [3.63, 3.8) is 0 Å². The maximum atomic E-state index is 13.6. The van der Waals surface area contributed by atoms with Gasteiger partial charge in [0.05, 0.1) is 21.3 Å². The second kappa shape index (κ2) is 8.65. The molecule has 1 aliphatic heterocycles. The number of H-pyrrole nitrogens is 1. The molecule has 33 heavy (non-hydrogen) atoms. The summed E-state index contributed by atoms with van der Waals surface area (Å²) in [4.78, 5) is 41.7. The number of carbonyl (C=O) groups excluding carboxylic acids is 2. The Bertz CT molecular complexity index is 1370. The van der Waals surface area contributed by atoms with Crippen molar-refractivity contribution in [1.82, 2.24) is 14.7 Å². The zero-order valence-corrected chi connectivity index (χ0v) is 20.2. The van der Waals surface area contributed by atoms with Crippen LogP contribution < -0.4 is 10.1 Å². The van der Waals surface area contributed by atoms with Crippen LogP contribution in [0.2, 0.25) is 10.0 Å². The summed E-state index contributed by atoms with van der Waals surface area (Å²) >= 11 is 12.2. The van der Waals surface area contributed by atoms with Gasteiger partial charge in [0.15, 0.2) is 12.4 Å². The minimum atomic E-state index is -0.495. The molecule has 3 heterocycles. The number of pyridine rings is 1. The van der Waals surface area contributed by atoms with Gasteiger partial charge in [0.25, 0.3) is 17.2 Å². The molecule has 0 bridgehead atoms. The van der Waals surface area contributed by atoms with Crippen LogP contribution >= 0.6 is 23.2 Å². The second-order valence-corrected chi connectivity index (χ2v) is 8.95. The topological polar surface area (TPSA) is 79.1 Å². The Balaban J connectivity index is 2.01. The lowest BCUT2D eigenvalue weighted by atomic mass is 10.0. The number of hydrogen-bond acceptors (Lipinski definition) is 3. The van der Waals surface area contributed by atoms with Gasteiger partial charge in [-0.15, -0.1) is 0 Å². The van der Waals surface area contributed by atoms with E-state index in [0.29, 0.717) is 27.8 Å². The summed E-state index contributed by atoms with van der Waals surface area (Å²) in [6.45, 7) is 7.33. The molecule has 0 atom stereocenters. The summed E-state index contributed by atoms with van der Waals surface area (Å²) in [7, 11) is 0. The SMILES string of the molecule is CCc1[nH]n(-c2ccc(Cl)c(Cl)c2)c(=O)c1C1=C([n+]2ccc(C)cc2)C(=O)N(C(C)C)C1=O. The average Bonchev–Trinajstić information content (AvgIpc) is 3.23. The van der Waals surface area contributed by atoms with E-state index in [1.165, 1.54) is 9.58 Å². The van der Waals surface area contributed by atoms with Gasteiger partial charge in [-0.3, -0.25) is 24.4 Å². The van der Waals surface area contributed by atoms with Crippen LogP contribution in [0.25, 0.3) is 17.0 Å². The van der Waals surface area contributed by atoms with E-state index in [9.17, 15) is 14.4 Å². The van der Waals surface area contributed by atoms with E-state index in [1.807, 2.05) is 26.0 Å². The molecule has 0 saturated heterocycles. The summed E-state index contributed by atoms with van der Waals surface area (Å²) in [6.07, 6.45) is 3.88. The molecule has 2 amide bonds. The molecule has 0 saturated carbocycles. The van der Waals surface area contributed by atoms with Gasteiger partial charge >= 0.3 is 5.91 Å². The lowest BCUT2D eigenvalue weighted by molar-refractivity contribution is -0.577. The molecule has 1 aromatic carbocycles. The first-order valence-electron chi connectivity index (χ1n) is 10.6. The first-order chi connectivity index (χ1) is 15.6. The van der Waals surface area contributed by atoms with Crippen molar-refractivity contribution in [1.29, 1.82) is 0 Å². The molecule has 0 aliphatic carbocycles. The van der Waals surface area contributed by atoms with Gasteiger partial charge < -0.3 is 0 Å². The van der Waals surface area contributed by atoms with E-state index in [-0.39, 0.29) is 22.9 Å². The van der Waals surface area contributed by atoms with Crippen LogP contribution in [0.4, 0.5) is 0 Å². The van der Waals surface area contributed by atoms with Gasteiger partial charge in [-0.05, 0) is 51.0 Å². The molecule has 7 nitrogen and oxygen atoms in total. The standard InChI is InChI=1S/C24H22Cl2N4O3/c1-5-18-19(23(32)30(27-18)15-6-7-16(25)17(26)12-15)20-21(28-10-8-14(4)9-11-28)24(33)29(13(2)3)22(20)31/h6-13H,5H2,1-4H3/p+1. The number of rotatable bonds is 5. The highest BCUT2D eigenvalue weighted by Crippen LogP contribution is 2.32. The van der Waals surface area contributed by atoms with Gasteiger partial charge in [0.1, 0.15) is 5.57 Å². The largest absolute Gasteiger partial charge is 0.327 e. The first kappa shape index (κ1) is 23.0. The third-order valence-electron chi connectivity index (χ3n) is 5.59. The van der Waals surface area contributed by atoms with E-state index in [1.54, 1.807) is 49.0 Å². The fourth-order valence-electron chi connectivity index (χ4n) is 3.92. The predicted molar refractivity (Wildman–Crippen MR) is 127 cm³/mol. The van der Waals surface area contributed by atoms with Crippen LogP contribution in [0.5, 0.6) is 0 Å². The number of nitrogens with zero attached hydrogens (tertiary/aromatic N) is 3. The molecule has 1 N–H and O–H groups in total. The molecule has 1 aliphatic rings. The molecule has 9 heteroatoms. The van der Waals surface area contributed by atoms with E-state index in [0.717, 1.165) is 5.56 Å². The smallest absolute Gasteiger partial charge is 0.294 e. The highest BCUT2D eigenvalue weighted by molar-refractivity contribution is 6.44. The van der Waals surface area contributed by atoms with Crippen LogP contribution in [-0.4, -0.2) is 32.5 Å². The second-order valence-electron chi connectivity index (χ2n) is 8.14. The fourth-order valence-corrected chi connectivity index (χ4v) is 4.21. The van der Waals surface area contributed by atoms with Crippen molar-refractivity contribution in [2.75, 3.05) is 0 Å².